The lowest BCUT2D eigenvalue weighted by Gasteiger charge is -2.18. The first kappa shape index (κ1) is 16.7. The predicted octanol–water partition coefficient (Wildman–Crippen LogP) is 4.33. The molecule has 1 aromatic carbocycles. The third-order valence-electron chi connectivity index (χ3n) is 2.44. The summed E-state index contributed by atoms with van der Waals surface area (Å²) < 4.78 is 4.64. The molecule has 0 bridgehead atoms. The molecule has 0 aliphatic rings. The molecule has 0 aliphatic heterocycles. The van der Waals surface area contributed by atoms with Crippen molar-refractivity contribution in [2.75, 3.05) is 6.61 Å². The van der Waals surface area contributed by atoms with Crippen LogP contribution in [0.2, 0.25) is 0 Å². The largest absolute Gasteiger partial charge is 0.466 e. The summed E-state index contributed by atoms with van der Waals surface area (Å²) in [5.74, 6) is -0.182. The van der Waals surface area contributed by atoms with Crippen molar-refractivity contribution < 1.29 is 9.53 Å². The Morgan fingerprint density at radius 1 is 1.17 bits per heavy atom. The van der Waals surface area contributed by atoms with Crippen molar-refractivity contribution in [1.29, 1.82) is 0 Å². The second kappa shape index (κ2) is 8.73. The molecular formula is C16H26O2. The Morgan fingerprint density at radius 2 is 1.72 bits per heavy atom. The predicted molar refractivity (Wildman–Crippen MR) is 76.7 cm³/mol. The van der Waals surface area contributed by atoms with E-state index in [1.807, 2.05) is 0 Å². The number of benzene rings is 1. The van der Waals surface area contributed by atoms with Gasteiger partial charge >= 0.3 is 5.97 Å². The number of carbonyl (C=O) groups is 1. The zero-order chi connectivity index (χ0) is 14.0. The van der Waals surface area contributed by atoms with E-state index in [0.717, 1.165) is 12.8 Å². The average Bonchev–Trinajstić information content (AvgIpc) is 2.30. The number of hydrogen-bond donors (Lipinski definition) is 0. The number of hydrogen-bond acceptors (Lipinski definition) is 2. The maximum atomic E-state index is 10.1. The van der Waals surface area contributed by atoms with Crippen LogP contribution in [0.5, 0.6) is 0 Å². The summed E-state index contributed by atoms with van der Waals surface area (Å²) in [5, 5.41) is 0. The number of rotatable bonds is 3. The summed E-state index contributed by atoms with van der Waals surface area (Å²) >= 11 is 0. The van der Waals surface area contributed by atoms with Crippen molar-refractivity contribution in [3.63, 3.8) is 0 Å². The summed E-state index contributed by atoms with van der Waals surface area (Å²) in [6, 6.07) is 10.6. The molecule has 0 aromatic heterocycles. The Hall–Kier alpha value is -1.31. The highest BCUT2D eigenvalue weighted by Gasteiger charge is 2.11. The molecule has 18 heavy (non-hydrogen) atoms. The van der Waals surface area contributed by atoms with Crippen LogP contribution < -0.4 is 0 Å². The maximum Gasteiger partial charge on any atom is 0.302 e. The Morgan fingerprint density at radius 3 is 2.06 bits per heavy atom. The highest BCUT2D eigenvalue weighted by molar-refractivity contribution is 5.65. The summed E-state index contributed by atoms with van der Waals surface area (Å²) in [7, 11) is 0. The summed E-state index contributed by atoms with van der Waals surface area (Å²) in [6.45, 7) is 10.7. The van der Waals surface area contributed by atoms with Gasteiger partial charge in [0.15, 0.2) is 0 Å². The molecule has 0 saturated carbocycles. The van der Waals surface area contributed by atoms with Gasteiger partial charge in [0.1, 0.15) is 0 Å². The standard InChI is InChI=1S/C10H14.C6H12O2/c1-10(2,3)9-7-5-4-6-8-9;1-3-4-5-8-6(2)7/h4-8H,1-3H3;3-5H2,1-2H3. The molecule has 0 unspecified atom stereocenters. The quantitative estimate of drug-likeness (QED) is 0.589. The van der Waals surface area contributed by atoms with Crippen molar-refractivity contribution in [1.82, 2.24) is 0 Å². The second-order valence-corrected chi connectivity index (χ2v) is 5.31. The Bertz CT molecular complexity index is 323. The lowest BCUT2D eigenvalue weighted by atomic mass is 9.87. The zero-order valence-electron chi connectivity index (χ0n) is 12.3. The number of esters is 1. The Labute approximate surface area is 111 Å². The first-order chi connectivity index (χ1) is 8.38. The molecule has 1 rings (SSSR count). The smallest absolute Gasteiger partial charge is 0.302 e. The topological polar surface area (TPSA) is 26.3 Å². The van der Waals surface area contributed by atoms with E-state index in [2.05, 4.69) is 62.8 Å². The molecule has 0 N–H and O–H groups in total. The van der Waals surface area contributed by atoms with Crippen LogP contribution in [0, 0.1) is 0 Å². The van der Waals surface area contributed by atoms with Gasteiger partial charge in [0.2, 0.25) is 0 Å². The van der Waals surface area contributed by atoms with Crippen LogP contribution in [0.4, 0.5) is 0 Å². The fraction of sp³-hybridized carbons (Fsp3) is 0.562. The summed E-state index contributed by atoms with van der Waals surface area (Å²) in [5.41, 5.74) is 1.69. The third-order valence-corrected chi connectivity index (χ3v) is 2.44. The molecule has 0 aliphatic carbocycles. The molecule has 2 heteroatoms. The zero-order valence-corrected chi connectivity index (χ0v) is 12.3. The Kier molecular flexibility index (Phi) is 8.10. The van der Waals surface area contributed by atoms with Crippen LogP contribution in [0.25, 0.3) is 0 Å². The van der Waals surface area contributed by atoms with Crippen LogP contribution in [0.3, 0.4) is 0 Å². The van der Waals surface area contributed by atoms with E-state index in [0.29, 0.717) is 12.0 Å². The summed E-state index contributed by atoms with van der Waals surface area (Å²) in [4.78, 5) is 10.1. The Balaban J connectivity index is 0.000000331. The van der Waals surface area contributed by atoms with E-state index in [1.165, 1.54) is 12.5 Å². The molecule has 0 heterocycles. The first-order valence-corrected chi connectivity index (χ1v) is 6.56. The van der Waals surface area contributed by atoms with Gasteiger partial charge in [-0.3, -0.25) is 4.79 Å². The van der Waals surface area contributed by atoms with Crippen molar-refractivity contribution in [2.24, 2.45) is 0 Å². The third kappa shape index (κ3) is 8.80. The van der Waals surface area contributed by atoms with Crippen molar-refractivity contribution >= 4 is 5.97 Å². The van der Waals surface area contributed by atoms with Crippen molar-refractivity contribution in [2.45, 2.75) is 52.9 Å². The molecule has 102 valence electrons. The highest BCUT2D eigenvalue weighted by Crippen LogP contribution is 2.20. The summed E-state index contributed by atoms with van der Waals surface area (Å²) in [6.07, 6.45) is 2.05. The van der Waals surface area contributed by atoms with Crippen molar-refractivity contribution in [3.05, 3.63) is 35.9 Å². The molecule has 1 aromatic rings. The van der Waals surface area contributed by atoms with Crippen LogP contribution in [-0.2, 0) is 14.9 Å². The maximum absolute atomic E-state index is 10.1. The fourth-order valence-corrected chi connectivity index (χ4v) is 1.30. The SMILES string of the molecule is CC(C)(C)c1ccccc1.CCCCOC(C)=O. The molecular weight excluding hydrogens is 224 g/mol. The molecule has 0 radical (unpaired) electrons. The molecule has 0 fully saturated rings. The van der Waals surface area contributed by atoms with Gasteiger partial charge in [-0.2, -0.15) is 0 Å². The van der Waals surface area contributed by atoms with E-state index < -0.39 is 0 Å². The lowest BCUT2D eigenvalue weighted by molar-refractivity contribution is -0.141. The van der Waals surface area contributed by atoms with Gasteiger partial charge in [-0.1, -0.05) is 64.4 Å². The number of carbonyl (C=O) groups excluding carboxylic acids is 1. The van der Waals surface area contributed by atoms with Gasteiger partial charge in [-0.25, -0.2) is 0 Å². The monoisotopic (exact) mass is 250 g/mol. The van der Waals surface area contributed by atoms with E-state index in [-0.39, 0.29) is 5.97 Å². The highest BCUT2D eigenvalue weighted by atomic mass is 16.5. The first-order valence-electron chi connectivity index (χ1n) is 6.56. The van der Waals surface area contributed by atoms with E-state index >= 15 is 0 Å². The minimum Gasteiger partial charge on any atom is -0.466 e. The van der Waals surface area contributed by atoms with Gasteiger partial charge in [-0.15, -0.1) is 0 Å². The normalized spacial score (nSPS) is 10.3. The second-order valence-electron chi connectivity index (χ2n) is 5.31. The molecule has 0 saturated heterocycles. The van der Waals surface area contributed by atoms with Gasteiger partial charge in [-0.05, 0) is 17.4 Å². The van der Waals surface area contributed by atoms with E-state index in [9.17, 15) is 4.79 Å². The van der Waals surface area contributed by atoms with Gasteiger partial charge < -0.3 is 4.74 Å². The fourth-order valence-electron chi connectivity index (χ4n) is 1.30. The minimum absolute atomic E-state index is 0.182. The van der Waals surface area contributed by atoms with Crippen LogP contribution in [0.1, 0.15) is 53.0 Å². The van der Waals surface area contributed by atoms with Gasteiger partial charge in [0.05, 0.1) is 6.61 Å². The van der Waals surface area contributed by atoms with Crippen LogP contribution >= 0.6 is 0 Å². The van der Waals surface area contributed by atoms with E-state index in [1.54, 1.807) is 0 Å². The average molecular weight is 250 g/mol. The van der Waals surface area contributed by atoms with Gasteiger partial charge in [0.25, 0.3) is 0 Å². The molecule has 0 atom stereocenters. The molecule has 0 amide bonds. The van der Waals surface area contributed by atoms with Gasteiger partial charge in [0, 0.05) is 6.92 Å². The van der Waals surface area contributed by atoms with Crippen LogP contribution in [-0.4, -0.2) is 12.6 Å². The number of unbranched alkanes of at least 4 members (excludes halogenated alkanes) is 1. The van der Waals surface area contributed by atoms with Crippen molar-refractivity contribution in [3.8, 4) is 0 Å². The van der Waals surface area contributed by atoms with Crippen LogP contribution in [0.15, 0.2) is 30.3 Å². The number of ether oxygens (including phenoxy) is 1. The lowest BCUT2D eigenvalue weighted by Crippen LogP contribution is -2.10. The molecule has 0 spiro atoms. The minimum atomic E-state index is -0.182. The molecule has 2 nitrogen and oxygen atoms in total. The van der Waals surface area contributed by atoms with E-state index in [4.69, 9.17) is 0 Å².